The quantitative estimate of drug-likeness (QED) is 0.477. The number of esters is 1. The maximum Gasteiger partial charge on any atom is 0.329 e. The van der Waals surface area contributed by atoms with E-state index in [1.807, 2.05) is 27.7 Å². The number of nitrogens with one attached hydrogen (secondary N) is 1. The second-order valence-corrected chi connectivity index (χ2v) is 11.4. The number of aromatic nitrogens is 1. The summed E-state index contributed by atoms with van der Waals surface area (Å²) in [6.45, 7) is 10.1. The van der Waals surface area contributed by atoms with Crippen LogP contribution in [0.15, 0.2) is 46.6 Å². The molecule has 2 bridgehead atoms. The molecule has 1 aromatic rings. The van der Waals surface area contributed by atoms with Crippen LogP contribution in [0.1, 0.15) is 70.3 Å². The van der Waals surface area contributed by atoms with E-state index in [9.17, 15) is 23.9 Å². The highest BCUT2D eigenvalue weighted by Crippen LogP contribution is 2.31. The second kappa shape index (κ2) is 13.2. The summed E-state index contributed by atoms with van der Waals surface area (Å²) >= 11 is 0. The first-order valence-electron chi connectivity index (χ1n) is 13.4. The van der Waals surface area contributed by atoms with Crippen molar-refractivity contribution in [1.29, 1.82) is 0 Å². The Morgan fingerprint density at radius 3 is 2.67 bits per heavy atom. The zero-order valence-corrected chi connectivity index (χ0v) is 23.4. The molecule has 3 rings (SSSR count). The van der Waals surface area contributed by atoms with E-state index in [1.54, 1.807) is 25.2 Å². The van der Waals surface area contributed by atoms with Gasteiger partial charge in [0.15, 0.2) is 11.6 Å². The third-order valence-corrected chi connectivity index (χ3v) is 6.81. The summed E-state index contributed by atoms with van der Waals surface area (Å²) in [7, 11) is 0. The molecule has 1 saturated heterocycles. The Hall–Kier alpha value is -3.27. The lowest BCUT2D eigenvalue weighted by atomic mass is 9.81. The number of ether oxygens (including phenoxy) is 1. The van der Waals surface area contributed by atoms with Gasteiger partial charge in [-0.05, 0) is 31.3 Å². The van der Waals surface area contributed by atoms with Gasteiger partial charge in [0, 0.05) is 25.4 Å². The molecule has 1 fully saturated rings. The van der Waals surface area contributed by atoms with Gasteiger partial charge in [-0.25, -0.2) is 14.2 Å². The SMILES string of the molecule is CC1=C[C@@H](O)C[C@@H](F)Cc2nc(co2)C(=O)N2CCC[C@@H]2C(=O)O[C@H](C(C)(C)C)[C@H](C)/C=C/C(=O)NCC=C1. The Labute approximate surface area is 229 Å². The average molecular weight is 546 g/mol. The molecule has 0 saturated carbocycles. The number of rotatable bonds is 0. The van der Waals surface area contributed by atoms with Gasteiger partial charge < -0.3 is 24.5 Å². The van der Waals surface area contributed by atoms with Crippen molar-refractivity contribution in [2.24, 2.45) is 11.3 Å². The molecule has 2 amide bonds. The number of cyclic esters (lactones) is 1. The molecule has 3 heterocycles. The first-order valence-corrected chi connectivity index (χ1v) is 13.4. The fourth-order valence-electron chi connectivity index (χ4n) is 4.95. The summed E-state index contributed by atoms with van der Waals surface area (Å²) in [4.78, 5) is 44.4. The van der Waals surface area contributed by atoms with Gasteiger partial charge in [0.1, 0.15) is 24.6 Å². The summed E-state index contributed by atoms with van der Waals surface area (Å²) in [5, 5.41) is 13.0. The molecule has 10 heteroatoms. The van der Waals surface area contributed by atoms with Crippen LogP contribution in [0, 0.1) is 11.3 Å². The molecule has 0 aliphatic carbocycles. The Morgan fingerprint density at radius 2 is 1.95 bits per heavy atom. The average Bonchev–Trinajstić information content (AvgIpc) is 3.51. The molecular weight excluding hydrogens is 505 g/mol. The Kier molecular flexibility index (Phi) is 10.2. The van der Waals surface area contributed by atoms with E-state index in [-0.39, 0.29) is 42.8 Å². The topological polar surface area (TPSA) is 122 Å². The molecule has 2 aliphatic heterocycles. The van der Waals surface area contributed by atoms with Gasteiger partial charge in [0.25, 0.3) is 5.91 Å². The predicted octanol–water partition coefficient (Wildman–Crippen LogP) is 3.69. The molecule has 214 valence electrons. The van der Waals surface area contributed by atoms with Gasteiger partial charge in [0.05, 0.1) is 12.5 Å². The van der Waals surface area contributed by atoms with Crippen molar-refractivity contribution in [3.05, 3.63) is 53.8 Å². The maximum atomic E-state index is 14.6. The lowest BCUT2D eigenvalue weighted by molar-refractivity contribution is -0.162. The minimum Gasteiger partial charge on any atom is -0.460 e. The summed E-state index contributed by atoms with van der Waals surface area (Å²) in [5.74, 6) is -1.54. The number of nitrogens with zero attached hydrogens (tertiary/aromatic N) is 2. The number of alkyl halides is 1. The van der Waals surface area contributed by atoms with Crippen molar-refractivity contribution in [3.63, 3.8) is 0 Å². The molecule has 0 radical (unpaired) electrons. The molecule has 1 aromatic heterocycles. The number of halogens is 1. The normalized spacial score (nSPS) is 29.3. The number of fused-ring (bicyclic) bond motifs is 3. The van der Waals surface area contributed by atoms with Gasteiger partial charge in [-0.2, -0.15) is 0 Å². The van der Waals surface area contributed by atoms with Crippen molar-refractivity contribution in [3.8, 4) is 0 Å². The summed E-state index contributed by atoms with van der Waals surface area (Å²) in [5.41, 5.74) is 0.272. The number of carbonyl (C=O) groups is 3. The van der Waals surface area contributed by atoms with E-state index in [0.717, 1.165) is 0 Å². The highest BCUT2D eigenvalue weighted by Gasteiger charge is 2.40. The lowest BCUT2D eigenvalue weighted by Crippen LogP contribution is -2.45. The van der Waals surface area contributed by atoms with Crippen LogP contribution in [0.5, 0.6) is 0 Å². The number of hydrogen-bond acceptors (Lipinski definition) is 7. The van der Waals surface area contributed by atoms with Crippen molar-refractivity contribution >= 4 is 17.8 Å². The summed E-state index contributed by atoms with van der Waals surface area (Å²) in [6, 6.07) is -0.783. The lowest BCUT2D eigenvalue weighted by Gasteiger charge is -2.35. The molecule has 2 N–H and O–H groups in total. The molecule has 0 aromatic carbocycles. The van der Waals surface area contributed by atoms with Crippen LogP contribution in [0.3, 0.4) is 0 Å². The fraction of sp³-hybridized carbons (Fsp3) is 0.586. The number of aliphatic hydroxyl groups excluding tert-OH is 1. The van der Waals surface area contributed by atoms with Gasteiger partial charge in [-0.3, -0.25) is 9.59 Å². The third-order valence-electron chi connectivity index (χ3n) is 6.81. The second-order valence-electron chi connectivity index (χ2n) is 11.4. The Bertz CT molecular complexity index is 1120. The maximum absolute atomic E-state index is 14.6. The van der Waals surface area contributed by atoms with E-state index >= 15 is 0 Å². The number of allylic oxidation sites excluding steroid dienone is 2. The molecule has 0 unspecified atom stereocenters. The smallest absolute Gasteiger partial charge is 0.329 e. The van der Waals surface area contributed by atoms with Crippen LogP contribution in [0.4, 0.5) is 4.39 Å². The number of carbonyl (C=O) groups excluding carboxylic acids is 3. The Balaban J connectivity index is 1.88. The monoisotopic (exact) mass is 545 g/mol. The summed E-state index contributed by atoms with van der Waals surface area (Å²) in [6.07, 6.45) is 6.95. The van der Waals surface area contributed by atoms with Gasteiger partial charge in [-0.15, -0.1) is 0 Å². The zero-order valence-electron chi connectivity index (χ0n) is 23.4. The van der Waals surface area contributed by atoms with Crippen LogP contribution in [-0.2, 0) is 20.7 Å². The number of amides is 2. The molecule has 0 spiro atoms. The van der Waals surface area contributed by atoms with Crippen LogP contribution >= 0.6 is 0 Å². The first kappa shape index (κ1) is 30.3. The molecule has 9 nitrogen and oxygen atoms in total. The largest absolute Gasteiger partial charge is 0.460 e. The zero-order chi connectivity index (χ0) is 28.7. The van der Waals surface area contributed by atoms with Crippen molar-refractivity contribution in [2.45, 2.75) is 84.7 Å². The van der Waals surface area contributed by atoms with E-state index in [2.05, 4.69) is 10.3 Å². The minimum absolute atomic E-state index is 0.00796. The first-order chi connectivity index (χ1) is 18.3. The minimum atomic E-state index is -1.45. The standard InChI is InChI=1S/C29H40FN3O6/c1-18-8-6-12-31-24(35)11-10-19(2)26(29(3,4)5)39-28(37)23-9-7-13-33(23)27(36)22-17-38-25(32-22)16-20(30)15-21(34)14-18/h6,8,10-11,14,17,19-21,23,26,34H,7,9,12-13,15-16H2,1-5H3,(H,31,35)/b8-6?,11-10+,18-14?/t19-,20-,21-,23-,26+/m1/s1. The molecule has 2 aliphatic rings. The predicted molar refractivity (Wildman–Crippen MR) is 143 cm³/mol. The van der Waals surface area contributed by atoms with Crippen molar-refractivity contribution < 1.29 is 33.0 Å². The van der Waals surface area contributed by atoms with Crippen LogP contribution in [0.2, 0.25) is 0 Å². The molecular formula is C29H40FN3O6. The van der Waals surface area contributed by atoms with E-state index in [0.29, 0.717) is 25.0 Å². The Morgan fingerprint density at radius 1 is 1.21 bits per heavy atom. The van der Waals surface area contributed by atoms with Gasteiger partial charge in [0.2, 0.25) is 5.91 Å². The summed E-state index contributed by atoms with van der Waals surface area (Å²) < 4.78 is 26.0. The highest BCUT2D eigenvalue weighted by atomic mass is 19.1. The van der Waals surface area contributed by atoms with E-state index < -0.39 is 41.7 Å². The van der Waals surface area contributed by atoms with Crippen molar-refractivity contribution in [1.82, 2.24) is 15.2 Å². The number of hydrogen-bond donors (Lipinski definition) is 2. The van der Waals surface area contributed by atoms with Crippen molar-refractivity contribution in [2.75, 3.05) is 13.1 Å². The molecule has 5 atom stereocenters. The third kappa shape index (κ3) is 8.61. The van der Waals surface area contributed by atoms with Crippen LogP contribution in [0.25, 0.3) is 0 Å². The van der Waals surface area contributed by atoms with E-state index in [1.165, 1.54) is 23.3 Å². The number of aliphatic hydroxyl groups is 1. The van der Waals surface area contributed by atoms with Gasteiger partial charge in [-0.1, -0.05) is 57.6 Å². The highest BCUT2D eigenvalue weighted by molar-refractivity contribution is 5.95. The van der Waals surface area contributed by atoms with E-state index in [4.69, 9.17) is 9.15 Å². The van der Waals surface area contributed by atoms with Gasteiger partial charge >= 0.3 is 5.97 Å². The number of oxazole rings is 1. The fourth-order valence-corrected chi connectivity index (χ4v) is 4.95. The van der Waals surface area contributed by atoms with Crippen LogP contribution in [-0.4, -0.2) is 70.3 Å². The molecule has 39 heavy (non-hydrogen) atoms. The van der Waals surface area contributed by atoms with Crippen LogP contribution < -0.4 is 5.32 Å².